The monoisotopic (exact) mass is 248 g/mol. The standard InChI is InChI=1S/C12H12N2O4/c13-10(12(16)17)5-8-6-14(18-7-15)11-4-2-1-3-9(8)11/h1-4,6-7,10H,5,13H2,(H,16,17). The largest absolute Gasteiger partial charge is 0.480 e. The van der Waals surface area contributed by atoms with Crippen molar-refractivity contribution < 1.29 is 19.5 Å². The van der Waals surface area contributed by atoms with Gasteiger partial charge in [-0.3, -0.25) is 9.59 Å². The first-order valence-electron chi connectivity index (χ1n) is 5.31. The van der Waals surface area contributed by atoms with E-state index < -0.39 is 12.0 Å². The van der Waals surface area contributed by atoms with E-state index in [0.717, 1.165) is 10.9 Å². The zero-order valence-corrected chi connectivity index (χ0v) is 9.45. The van der Waals surface area contributed by atoms with Crippen LogP contribution in [0.25, 0.3) is 10.9 Å². The molecule has 94 valence electrons. The number of aliphatic carboxylic acids is 1. The van der Waals surface area contributed by atoms with Crippen molar-refractivity contribution in [1.82, 2.24) is 4.73 Å². The van der Waals surface area contributed by atoms with Crippen LogP contribution in [0.2, 0.25) is 0 Å². The summed E-state index contributed by atoms with van der Waals surface area (Å²) in [7, 11) is 0. The number of carboxylic acids is 1. The lowest BCUT2D eigenvalue weighted by molar-refractivity contribution is -0.138. The average molecular weight is 248 g/mol. The number of rotatable bonds is 5. The summed E-state index contributed by atoms with van der Waals surface area (Å²) < 4.78 is 1.30. The number of fused-ring (bicyclic) bond motifs is 1. The maximum Gasteiger partial charge on any atom is 0.321 e. The molecule has 0 aliphatic rings. The molecule has 3 N–H and O–H groups in total. The van der Waals surface area contributed by atoms with Crippen molar-refractivity contribution in [3.8, 4) is 0 Å². The number of nitrogens with zero attached hydrogens (tertiary/aromatic N) is 1. The Bertz CT molecular complexity index is 591. The molecular formula is C12H12N2O4. The Balaban J connectivity index is 2.44. The minimum Gasteiger partial charge on any atom is -0.480 e. The lowest BCUT2D eigenvalue weighted by Gasteiger charge is -2.04. The average Bonchev–Trinajstić information content (AvgIpc) is 2.69. The second kappa shape index (κ2) is 4.89. The lowest BCUT2D eigenvalue weighted by atomic mass is 10.1. The Morgan fingerprint density at radius 3 is 2.89 bits per heavy atom. The van der Waals surface area contributed by atoms with Crippen LogP contribution in [0.4, 0.5) is 0 Å². The molecule has 0 aliphatic carbocycles. The number of benzene rings is 1. The quantitative estimate of drug-likeness (QED) is 0.736. The number of carbonyl (C=O) groups is 2. The summed E-state index contributed by atoms with van der Waals surface area (Å²) in [6.07, 6.45) is 1.74. The Hall–Kier alpha value is -2.34. The van der Waals surface area contributed by atoms with Crippen LogP contribution >= 0.6 is 0 Å². The first-order valence-corrected chi connectivity index (χ1v) is 5.31. The van der Waals surface area contributed by atoms with Gasteiger partial charge in [-0.15, -0.1) is 0 Å². The van der Waals surface area contributed by atoms with Gasteiger partial charge in [0.05, 0.1) is 5.52 Å². The molecule has 0 bridgehead atoms. The third kappa shape index (κ3) is 2.18. The van der Waals surface area contributed by atoms with Crippen LogP contribution in [-0.2, 0) is 16.0 Å². The van der Waals surface area contributed by atoms with Crippen LogP contribution in [0.1, 0.15) is 5.56 Å². The molecule has 1 heterocycles. The first kappa shape index (κ1) is 12.1. The van der Waals surface area contributed by atoms with Gasteiger partial charge >= 0.3 is 12.4 Å². The van der Waals surface area contributed by atoms with Crippen LogP contribution < -0.4 is 10.6 Å². The first-order chi connectivity index (χ1) is 8.63. The van der Waals surface area contributed by atoms with Gasteiger partial charge in [0.1, 0.15) is 6.04 Å². The van der Waals surface area contributed by atoms with Crippen LogP contribution in [0, 0.1) is 0 Å². The normalized spacial score (nSPS) is 12.3. The van der Waals surface area contributed by atoms with E-state index in [0.29, 0.717) is 12.0 Å². The van der Waals surface area contributed by atoms with E-state index in [2.05, 4.69) is 0 Å². The van der Waals surface area contributed by atoms with E-state index in [4.69, 9.17) is 15.7 Å². The molecule has 6 heteroatoms. The molecule has 0 fully saturated rings. The molecule has 0 spiro atoms. The fourth-order valence-electron chi connectivity index (χ4n) is 1.84. The molecule has 0 amide bonds. The van der Waals surface area contributed by atoms with E-state index in [1.165, 1.54) is 4.73 Å². The van der Waals surface area contributed by atoms with Gasteiger partial charge in [-0.1, -0.05) is 18.2 Å². The highest BCUT2D eigenvalue weighted by atomic mass is 16.7. The topological polar surface area (TPSA) is 94.5 Å². The number of aromatic nitrogens is 1. The molecule has 0 aliphatic heterocycles. The van der Waals surface area contributed by atoms with Gasteiger partial charge in [0, 0.05) is 18.0 Å². The SMILES string of the molecule is NC(Cc1cn(OC=O)c2ccccc12)C(=O)O. The summed E-state index contributed by atoms with van der Waals surface area (Å²) in [6.45, 7) is 0.313. The van der Waals surface area contributed by atoms with Crippen molar-refractivity contribution in [2.75, 3.05) is 0 Å². The number of para-hydroxylation sites is 1. The van der Waals surface area contributed by atoms with Crippen molar-refractivity contribution in [3.63, 3.8) is 0 Å². The van der Waals surface area contributed by atoms with E-state index in [-0.39, 0.29) is 6.42 Å². The van der Waals surface area contributed by atoms with Gasteiger partial charge in [0.2, 0.25) is 0 Å². The predicted molar refractivity (Wildman–Crippen MR) is 63.9 cm³/mol. The van der Waals surface area contributed by atoms with Crippen LogP contribution in [0.5, 0.6) is 0 Å². The fourth-order valence-corrected chi connectivity index (χ4v) is 1.84. The van der Waals surface area contributed by atoms with Gasteiger partial charge in [0.15, 0.2) is 0 Å². The third-order valence-corrected chi connectivity index (χ3v) is 2.67. The van der Waals surface area contributed by atoms with E-state index in [1.54, 1.807) is 18.3 Å². The van der Waals surface area contributed by atoms with E-state index in [9.17, 15) is 9.59 Å². The molecule has 6 nitrogen and oxygen atoms in total. The molecule has 1 aromatic carbocycles. The number of carbonyl (C=O) groups excluding carboxylic acids is 1. The summed E-state index contributed by atoms with van der Waals surface area (Å²) in [5.74, 6) is -1.07. The molecule has 0 saturated heterocycles. The molecule has 1 aromatic heterocycles. The highest BCUT2D eigenvalue weighted by Crippen LogP contribution is 2.21. The Morgan fingerprint density at radius 2 is 2.22 bits per heavy atom. The van der Waals surface area contributed by atoms with Gasteiger partial charge in [-0.25, -0.2) is 0 Å². The molecular weight excluding hydrogens is 236 g/mol. The Morgan fingerprint density at radius 1 is 1.50 bits per heavy atom. The van der Waals surface area contributed by atoms with Crippen molar-refractivity contribution in [3.05, 3.63) is 36.0 Å². The molecule has 1 unspecified atom stereocenters. The van der Waals surface area contributed by atoms with Gasteiger partial charge in [-0.05, 0) is 11.6 Å². The summed E-state index contributed by atoms with van der Waals surface area (Å²) in [6, 6.07) is 6.23. The Kier molecular flexibility index (Phi) is 3.29. The highest BCUT2D eigenvalue weighted by Gasteiger charge is 2.16. The van der Waals surface area contributed by atoms with Crippen molar-refractivity contribution in [2.24, 2.45) is 5.73 Å². The molecule has 18 heavy (non-hydrogen) atoms. The maximum atomic E-state index is 10.8. The fraction of sp³-hybridized carbons (Fsp3) is 0.167. The van der Waals surface area contributed by atoms with E-state index >= 15 is 0 Å². The predicted octanol–water partition coefficient (Wildman–Crippen LogP) is 0.181. The second-order valence-electron chi connectivity index (χ2n) is 3.85. The molecule has 0 radical (unpaired) electrons. The zero-order valence-electron chi connectivity index (χ0n) is 9.45. The molecule has 2 rings (SSSR count). The number of nitrogens with two attached hydrogens (primary N) is 1. The maximum absolute atomic E-state index is 10.8. The number of carboxylic acid groups (broad SMARTS) is 1. The number of hydrogen-bond donors (Lipinski definition) is 2. The van der Waals surface area contributed by atoms with Crippen LogP contribution in [0.15, 0.2) is 30.5 Å². The summed E-state index contributed by atoms with van der Waals surface area (Å²) in [5.41, 5.74) is 6.92. The smallest absolute Gasteiger partial charge is 0.321 e. The highest BCUT2D eigenvalue weighted by molar-refractivity contribution is 5.85. The Labute approximate surface area is 103 Å². The third-order valence-electron chi connectivity index (χ3n) is 2.67. The van der Waals surface area contributed by atoms with Crippen molar-refractivity contribution >= 4 is 23.3 Å². The molecule has 0 saturated carbocycles. The zero-order chi connectivity index (χ0) is 13.1. The summed E-state index contributed by atoms with van der Waals surface area (Å²) in [5, 5.41) is 9.62. The van der Waals surface area contributed by atoms with Crippen molar-refractivity contribution in [1.29, 1.82) is 0 Å². The van der Waals surface area contributed by atoms with Gasteiger partial charge in [0.25, 0.3) is 0 Å². The van der Waals surface area contributed by atoms with Crippen LogP contribution in [0.3, 0.4) is 0 Å². The van der Waals surface area contributed by atoms with E-state index in [1.807, 2.05) is 12.1 Å². The van der Waals surface area contributed by atoms with Crippen molar-refractivity contribution in [2.45, 2.75) is 12.5 Å². The second-order valence-corrected chi connectivity index (χ2v) is 3.85. The molecule has 1 atom stereocenters. The molecule has 2 aromatic rings. The van der Waals surface area contributed by atoms with Gasteiger partial charge in [-0.2, -0.15) is 4.73 Å². The number of hydrogen-bond acceptors (Lipinski definition) is 4. The summed E-state index contributed by atoms with van der Waals surface area (Å²) in [4.78, 5) is 25.9. The van der Waals surface area contributed by atoms with Crippen LogP contribution in [-0.4, -0.2) is 28.3 Å². The minimum absolute atomic E-state index is 0.172. The lowest BCUT2D eigenvalue weighted by Crippen LogP contribution is -2.32. The van der Waals surface area contributed by atoms with Gasteiger partial charge < -0.3 is 15.7 Å². The summed E-state index contributed by atoms with van der Waals surface area (Å²) >= 11 is 0. The minimum atomic E-state index is -1.07.